The molecule has 1 unspecified atom stereocenters. The normalized spacial score (nSPS) is 17.7. The Bertz CT molecular complexity index is 711. The summed E-state index contributed by atoms with van der Waals surface area (Å²) in [4.78, 5) is 25.8. The van der Waals surface area contributed by atoms with Gasteiger partial charge in [-0.05, 0) is 31.7 Å². The number of aromatic nitrogens is 3. The molecule has 1 aromatic carbocycles. The molecule has 0 radical (unpaired) electrons. The second-order valence-electron chi connectivity index (χ2n) is 6.30. The van der Waals surface area contributed by atoms with Gasteiger partial charge in [-0.1, -0.05) is 35.5 Å². The fraction of sp³-hybridized carbons (Fsp3) is 0.444. The third-order valence-corrected chi connectivity index (χ3v) is 4.51. The number of aryl methyl sites for hydroxylation is 2. The van der Waals surface area contributed by atoms with Crippen LogP contribution in [0.4, 0.5) is 0 Å². The first-order valence-corrected chi connectivity index (χ1v) is 8.37. The van der Waals surface area contributed by atoms with Gasteiger partial charge in [0.25, 0.3) is 5.91 Å². The Balaban J connectivity index is 1.60. The maximum atomic E-state index is 12.6. The van der Waals surface area contributed by atoms with Gasteiger partial charge in [-0.15, -0.1) is 5.10 Å². The molecule has 2 aromatic rings. The topological polar surface area (TPSA) is 68.1 Å². The molecule has 1 amide bonds. The number of benzene rings is 1. The van der Waals surface area contributed by atoms with Crippen LogP contribution in [0.5, 0.6) is 0 Å². The van der Waals surface area contributed by atoms with Crippen molar-refractivity contribution in [1.29, 1.82) is 0 Å². The molecule has 1 fully saturated rings. The van der Waals surface area contributed by atoms with E-state index in [1.54, 1.807) is 22.7 Å². The fourth-order valence-corrected chi connectivity index (χ4v) is 3.05. The van der Waals surface area contributed by atoms with Gasteiger partial charge in [-0.25, -0.2) is 0 Å². The molecule has 3 rings (SSSR count). The summed E-state index contributed by atoms with van der Waals surface area (Å²) in [5, 5.41) is 8.06. The molecule has 1 aliphatic heterocycles. The summed E-state index contributed by atoms with van der Waals surface area (Å²) in [6.45, 7) is 3.45. The van der Waals surface area contributed by atoms with E-state index in [2.05, 4.69) is 22.4 Å². The van der Waals surface area contributed by atoms with E-state index in [0.29, 0.717) is 25.3 Å². The number of piperidine rings is 1. The number of hydrogen-bond donors (Lipinski definition) is 0. The van der Waals surface area contributed by atoms with E-state index in [9.17, 15) is 9.59 Å². The number of amides is 1. The summed E-state index contributed by atoms with van der Waals surface area (Å²) in [6.07, 6.45) is 4.26. The highest BCUT2D eigenvalue weighted by atomic mass is 16.2. The molecule has 6 nitrogen and oxygen atoms in total. The lowest BCUT2D eigenvalue weighted by molar-refractivity contribution is -0.122. The predicted molar refractivity (Wildman–Crippen MR) is 89.5 cm³/mol. The summed E-state index contributed by atoms with van der Waals surface area (Å²) in [5.41, 5.74) is 1.58. The van der Waals surface area contributed by atoms with Gasteiger partial charge >= 0.3 is 0 Å². The Morgan fingerprint density at radius 1 is 1.25 bits per heavy atom. The molecule has 0 aliphatic carbocycles. The van der Waals surface area contributed by atoms with Crippen molar-refractivity contribution >= 4 is 11.7 Å². The maximum absolute atomic E-state index is 12.6. The molecule has 126 valence electrons. The minimum absolute atomic E-state index is 0.0455. The van der Waals surface area contributed by atoms with Crippen molar-refractivity contribution in [3.8, 4) is 0 Å². The van der Waals surface area contributed by atoms with E-state index >= 15 is 0 Å². The summed E-state index contributed by atoms with van der Waals surface area (Å²) in [7, 11) is 0. The van der Waals surface area contributed by atoms with Crippen molar-refractivity contribution in [2.75, 3.05) is 13.1 Å². The van der Waals surface area contributed by atoms with Crippen molar-refractivity contribution in [2.24, 2.45) is 5.92 Å². The zero-order valence-electron chi connectivity index (χ0n) is 13.9. The van der Waals surface area contributed by atoms with Crippen LogP contribution in [0.25, 0.3) is 0 Å². The van der Waals surface area contributed by atoms with Gasteiger partial charge in [0.2, 0.25) is 0 Å². The number of carbonyl (C=O) groups excluding carboxylic acids is 2. The third kappa shape index (κ3) is 3.88. The summed E-state index contributed by atoms with van der Waals surface area (Å²) >= 11 is 0. The van der Waals surface area contributed by atoms with Gasteiger partial charge in [-0.2, -0.15) is 0 Å². The van der Waals surface area contributed by atoms with Crippen molar-refractivity contribution in [2.45, 2.75) is 32.7 Å². The molecule has 0 spiro atoms. The molecular weight excluding hydrogens is 304 g/mol. The molecule has 0 bridgehead atoms. The van der Waals surface area contributed by atoms with Crippen LogP contribution in [0.3, 0.4) is 0 Å². The number of Topliss-reactive ketones (excluding diaryl/α,β-unsaturated/α-hetero) is 1. The zero-order valence-corrected chi connectivity index (χ0v) is 13.9. The third-order valence-electron chi connectivity index (χ3n) is 4.51. The highest BCUT2D eigenvalue weighted by molar-refractivity contribution is 5.92. The lowest BCUT2D eigenvalue weighted by Crippen LogP contribution is -2.42. The first-order valence-electron chi connectivity index (χ1n) is 8.37. The monoisotopic (exact) mass is 326 g/mol. The summed E-state index contributed by atoms with van der Waals surface area (Å²) < 4.78 is 1.70. The second-order valence-corrected chi connectivity index (χ2v) is 6.30. The van der Waals surface area contributed by atoms with E-state index in [-0.39, 0.29) is 17.6 Å². The minimum atomic E-state index is -0.132. The Labute approximate surface area is 141 Å². The van der Waals surface area contributed by atoms with E-state index < -0.39 is 0 Å². The van der Waals surface area contributed by atoms with Crippen LogP contribution in [-0.4, -0.2) is 44.7 Å². The number of nitrogens with zero attached hydrogens (tertiary/aromatic N) is 4. The van der Waals surface area contributed by atoms with Gasteiger partial charge in [0.15, 0.2) is 5.69 Å². The lowest BCUT2D eigenvalue weighted by atomic mass is 9.94. The molecule has 0 saturated carbocycles. The maximum Gasteiger partial charge on any atom is 0.276 e. The Morgan fingerprint density at radius 2 is 2.04 bits per heavy atom. The molecule has 0 N–H and O–H groups in total. The molecule has 1 aromatic heterocycles. The Morgan fingerprint density at radius 3 is 2.79 bits per heavy atom. The summed E-state index contributed by atoms with van der Waals surface area (Å²) in [5.74, 6) is -0.0262. The lowest BCUT2D eigenvalue weighted by Gasteiger charge is -2.30. The highest BCUT2D eigenvalue weighted by Gasteiger charge is 2.28. The van der Waals surface area contributed by atoms with Crippen LogP contribution in [0.1, 0.15) is 35.8 Å². The van der Waals surface area contributed by atoms with Crippen LogP contribution < -0.4 is 0 Å². The molecule has 1 saturated heterocycles. The van der Waals surface area contributed by atoms with Crippen molar-refractivity contribution in [3.63, 3.8) is 0 Å². The number of hydrogen-bond acceptors (Lipinski definition) is 4. The standard InChI is InChI=1S/C18H22N4O2/c1-14(23)16-8-5-10-21(12-16)18(24)17-13-22(20-19-17)11-9-15-6-3-2-4-7-15/h2-4,6-7,13,16H,5,8-12H2,1H3. The van der Waals surface area contributed by atoms with Gasteiger partial charge < -0.3 is 4.90 Å². The first kappa shape index (κ1) is 16.4. The van der Waals surface area contributed by atoms with Gasteiger partial charge in [0, 0.05) is 25.6 Å². The average Bonchev–Trinajstić information content (AvgIpc) is 3.09. The SMILES string of the molecule is CC(=O)C1CCCN(C(=O)c2cn(CCc3ccccc3)nn2)C1. The van der Waals surface area contributed by atoms with E-state index in [0.717, 1.165) is 19.3 Å². The van der Waals surface area contributed by atoms with E-state index in [1.807, 2.05) is 18.2 Å². The van der Waals surface area contributed by atoms with Gasteiger partial charge in [0.05, 0.1) is 6.20 Å². The predicted octanol–water partition coefficient (Wildman–Crippen LogP) is 1.96. The zero-order chi connectivity index (χ0) is 16.9. The highest BCUT2D eigenvalue weighted by Crippen LogP contribution is 2.18. The molecule has 6 heteroatoms. The number of carbonyl (C=O) groups is 2. The van der Waals surface area contributed by atoms with Crippen molar-refractivity contribution in [3.05, 3.63) is 47.8 Å². The number of rotatable bonds is 5. The molecule has 2 heterocycles. The van der Waals surface area contributed by atoms with Crippen LogP contribution in [0.2, 0.25) is 0 Å². The summed E-state index contributed by atoms with van der Waals surface area (Å²) in [6, 6.07) is 10.1. The fourth-order valence-electron chi connectivity index (χ4n) is 3.05. The quantitative estimate of drug-likeness (QED) is 0.842. The van der Waals surface area contributed by atoms with Gasteiger partial charge in [0.1, 0.15) is 5.78 Å². The van der Waals surface area contributed by atoms with Gasteiger partial charge in [-0.3, -0.25) is 14.3 Å². The molecule has 1 atom stereocenters. The second kappa shape index (κ2) is 7.38. The molecule has 24 heavy (non-hydrogen) atoms. The number of likely N-dealkylation sites (tertiary alicyclic amines) is 1. The molecular formula is C18H22N4O2. The number of ketones is 1. The smallest absolute Gasteiger partial charge is 0.276 e. The Hall–Kier alpha value is -2.50. The van der Waals surface area contributed by atoms with Crippen LogP contribution in [0.15, 0.2) is 36.5 Å². The largest absolute Gasteiger partial charge is 0.336 e. The Kier molecular flexibility index (Phi) is 5.03. The minimum Gasteiger partial charge on any atom is -0.336 e. The van der Waals surface area contributed by atoms with Crippen LogP contribution in [0, 0.1) is 5.92 Å². The van der Waals surface area contributed by atoms with Crippen molar-refractivity contribution < 1.29 is 9.59 Å². The van der Waals surface area contributed by atoms with Crippen molar-refractivity contribution in [1.82, 2.24) is 19.9 Å². The van der Waals surface area contributed by atoms with E-state index in [1.165, 1.54) is 5.56 Å². The first-order chi connectivity index (χ1) is 11.6. The van der Waals surface area contributed by atoms with Crippen LogP contribution >= 0.6 is 0 Å². The van der Waals surface area contributed by atoms with E-state index in [4.69, 9.17) is 0 Å². The average molecular weight is 326 g/mol. The van der Waals surface area contributed by atoms with Crippen LogP contribution in [-0.2, 0) is 17.8 Å². The molecule has 1 aliphatic rings.